The third-order valence-corrected chi connectivity index (χ3v) is 4.98. The molecule has 0 aromatic heterocycles. The maximum Gasteiger partial charge on any atom is 0.0373 e. The zero-order valence-corrected chi connectivity index (χ0v) is 11.8. The van der Waals surface area contributed by atoms with Crippen molar-refractivity contribution >= 4 is 5.69 Å². The minimum Gasteiger partial charge on any atom is -0.384 e. The summed E-state index contributed by atoms with van der Waals surface area (Å²) in [6.07, 6.45) is 5.34. The predicted molar refractivity (Wildman–Crippen MR) is 84.4 cm³/mol. The van der Waals surface area contributed by atoms with Gasteiger partial charge in [-0.05, 0) is 47.9 Å². The van der Waals surface area contributed by atoms with Crippen LogP contribution in [0.5, 0.6) is 0 Å². The average Bonchev–Trinajstić information content (AvgIpc) is 2.45. The molecule has 102 valence electrons. The molecular formula is C19H21N. The molecule has 2 aliphatic rings. The highest BCUT2D eigenvalue weighted by atomic mass is 14.9. The number of anilines is 1. The molecule has 1 heterocycles. The van der Waals surface area contributed by atoms with E-state index in [1.807, 2.05) is 0 Å². The van der Waals surface area contributed by atoms with Crippen LogP contribution >= 0.6 is 0 Å². The van der Waals surface area contributed by atoms with Gasteiger partial charge < -0.3 is 5.32 Å². The number of rotatable bonds is 2. The van der Waals surface area contributed by atoms with Crippen LogP contribution in [0.3, 0.4) is 0 Å². The van der Waals surface area contributed by atoms with E-state index >= 15 is 0 Å². The van der Waals surface area contributed by atoms with Crippen molar-refractivity contribution in [1.29, 1.82) is 0 Å². The van der Waals surface area contributed by atoms with Crippen molar-refractivity contribution in [2.45, 2.75) is 37.5 Å². The number of hydrogen-bond acceptors (Lipinski definition) is 1. The first kappa shape index (κ1) is 12.0. The minimum absolute atomic E-state index is 0.616. The van der Waals surface area contributed by atoms with Crippen LogP contribution in [-0.4, -0.2) is 6.54 Å². The Balaban J connectivity index is 1.59. The first-order valence-electron chi connectivity index (χ1n) is 7.82. The van der Waals surface area contributed by atoms with Crippen LogP contribution < -0.4 is 5.32 Å². The Bertz CT molecular complexity index is 613. The lowest BCUT2D eigenvalue weighted by molar-refractivity contribution is 0.419. The highest BCUT2D eigenvalue weighted by Crippen LogP contribution is 2.38. The van der Waals surface area contributed by atoms with E-state index in [9.17, 15) is 0 Å². The third-order valence-electron chi connectivity index (χ3n) is 4.98. The maximum atomic E-state index is 3.59. The lowest BCUT2D eigenvalue weighted by Crippen LogP contribution is -2.21. The van der Waals surface area contributed by atoms with Gasteiger partial charge in [0.25, 0.3) is 0 Å². The number of hydrogen-bond donors (Lipinski definition) is 1. The molecule has 1 nitrogen and oxygen atoms in total. The van der Waals surface area contributed by atoms with Crippen LogP contribution in [0.25, 0.3) is 0 Å². The van der Waals surface area contributed by atoms with Crippen LogP contribution in [0.1, 0.15) is 47.8 Å². The van der Waals surface area contributed by atoms with Crippen molar-refractivity contribution in [3.63, 3.8) is 0 Å². The summed E-state index contributed by atoms with van der Waals surface area (Å²) in [7, 11) is 0. The standard InChI is InChI=1S/C19H21N/c1-2-10-19-17(5-1)12-18(13-20-19)16-9-4-8-15(11-16)14-6-3-7-14/h1-2,4-5,8-11,14,18,20H,3,6-7,12-13H2. The maximum absolute atomic E-state index is 3.59. The normalized spacial score (nSPS) is 21.7. The van der Waals surface area contributed by atoms with Gasteiger partial charge in [-0.2, -0.15) is 0 Å². The van der Waals surface area contributed by atoms with E-state index in [0.717, 1.165) is 18.9 Å². The van der Waals surface area contributed by atoms with Crippen molar-refractivity contribution in [3.05, 3.63) is 65.2 Å². The third kappa shape index (κ3) is 2.11. The van der Waals surface area contributed by atoms with Crippen molar-refractivity contribution < 1.29 is 0 Å². The summed E-state index contributed by atoms with van der Waals surface area (Å²) in [5.41, 5.74) is 5.85. The molecule has 0 spiro atoms. The van der Waals surface area contributed by atoms with Gasteiger partial charge in [-0.1, -0.05) is 48.9 Å². The molecule has 1 atom stereocenters. The molecule has 1 unspecified atom stereocenters. The largest absolute Gasteiger partial charge is 0.384 e. The molecule has 1 fully saturated rings. The van der Waals surface area contributed by atoms with Crippen LogP contribution in [0.15, 0.2) is 48.5 Å². The summed E-state index contributed by atoms with van der Waals surface area (Å²) in [6.45, 7) is 1.06. The Labute approximate surface area is 121 Å². The van der Waals surface area contributed by atoms with E-state index < -0.39 is 0 Å². The zero-order valence-electron chi connectivity index (χ0n) is 11.8. The number of para-hydroxylation sites is 1. The molecule has 1 aliphatic heterocycles. The van der Waals surface area contributed by atoms with Gasteiger partial charge in [0.2, 0.25) is 0 Å². The first-order chi connectivity index (χ1) is 9.90. The van der Waals surface area contributed by atoms with E-state index in [1.54, 1.807) is 5.56 Å². The highest BCUT2D eigenvalue weighted by Gasteiger charge is 2.22. The van der Waals surface area contributed by atoms with E-state index in [4.69, 9.17) is 0 Å². The SMILES string of the molecule is c1cc(C2CCC2)cc(C2CNc3ccccc3C2)c1. The number of fused-ring (bicyclic) bond motifs is 1. The molecule has 20 heavy (non-hydrogen) atoms. The fourth-order valence-corrected chi connectivity index (χ4v) is 3.49. The van der Waals surface area contributed by atoms with Crippen LogP contribution in [0.2, 0.25) is 0 Å². The molecule has 0 bridgehead atoms. The fourth-order valence-electron chi connectivity index (χ4n) is 3.49. The summed E-state index contributed by atoms with van der Waals surface area (Å²) in [4.78, 5) is 0. The molecule has 2 aromatic rings. The quantitative estimate of drug-likeness (QED) is 0.827. The molecule has 0 radical (unpaired) electrons. The topological polar surface area (TPSA) is 12.0 Å². The molecular weight excluding hydrogens is 242 g/mol. The van der Waals surface area contributed by atoms with Crippen molar-refractivity contribution in [1.82, 2.24) is 0 Å². The Morgan fingerprint density at radius 2 is 1.65 bits per heavy atom. The molecule has 1 N–H and O–H groups in total. The smallest absolute Gasteiger partial charge is 0.0373 e. The van der Waals surface area contributed by atoms with Crippen LogP contribution in [0.4, 0.5) is 5.69 Å². The summed E-state index contributed by atoms with van der Waals surface area (Å²) in [5, 5.41) is 3.59. The highest BCUT2D eigenvalue weighted by molar-refractivity contribution is 5.54. The number of nitrogens with one attached hydrogen (secondary N) is 1. The number of benzene rings is 2. The molecule has 1 saturated carbocycles. The van der Waals surface area contributed by atoms with Gasteiger partial charge in [-0.25, -0.2) is 0 Å². The van der Waals surface area contributed by atoms with E-state index in [-0.39, 0.29) is 0 Å². The molecule has 2 aromatic carbocycles. The van der Waals surface area contributed by atoms with Gasteiger partial charge in [0.15, 0.2) is 0 Å². The van der Waals surface area contributed by atoms with Gasteiger partial charge in [0.1, 0.15) is 0 Å². The van der Waals surface area contributed by atoms with Gasteiger partial charge in [-0.15, -0.1) is 0 Å². The second kappa shape index (κ2) is 4.97. The van der Waals surface area contributed by atoms with Crippen LogP contribution in [0, 0.1) is 0 Å². The predicted octanol–water partition coefficient (Wildman–Crippen LogP) is 4.71. The van der Waals surface area contributed by atoms with E-state index in [2.05, 4.69) is 53.8 Å². The molecule has 0 saturated heterocycles. The Morgan fingerprint density at radius 3 is 2.45 bits per heavy atom. The van der Waals surface area contributed by atoms with E-state index in [0.29, 0.717) is 5.92 Å². The fraction of sp³-hybridized carbons (Fsp3) is 0.368. The second-order valence-corrected chi connectivity index (χ2v) is 6.24. The Morgan fingerprint density at radius 1 is 0.850 bits per heavy atom. The van der Waals surface area contributed by atoms with Crippen molar-refractivity contribution in [3.8, 4) is 0 Å². The van der Waals surface area contributed by atoms with Gasteiger partial charge >= 0.3 is 0 Å². The average molecular weight is 263 g/mol. The monoisotopic (exact) mass is 263 g/mol. The Kier molecular flexibility index (Phi) is 2.99. The van der Waals surface area contributed by atoms with Crippen molar-refractivity contribution in [2.75, 3.05) is 11.9 Å². The zero-order chi connectivity index (χ0) is 13.4. The lowest BCUT2D eigenvalue weighted by atomic mass is 9.78. The summed E-state index contributed by atoms with van der Waals surface area (Å²) in [6, 6.07) is 18.0. The summed E-state index contributed by atoms with van der Waals surface area (Å²) >= 11 is 0. The van der Waals surface area contributed by atoms with Gasteiger partial charge in [-0.3, -0.25) is 0 Å². The van der Waals surface area contributed by atoms with Crippen molar-refractivity contribution in [2.24, 2.45) is 0 Å². The van der Waals surface area contributed by atoms with Crippen LogP contribution in [-0.2, 0) is 6.42 Å². The molecule has 4 rings (SSSR count). The minimum atomic E-state index is 0.616. The Hall–Kier alpha value is -1.76. The van der Waals surface area contributed by atoms with Gasteiger partial charge in [0, 0.05) is 18.2 Å². The summed E-state index contributed by atoms with van der Waals surface area (Å²) in [5.74, 6) is 1.45. The molecule has 0 amide bonds. The molecule has 1 heteroatoms. The molecule has 1 aliphatic carbocycles. The second-order valence-electron chi connectivity index (χ2n) is 6.24. The van der Waals surface area contributed by atoms with E-state index in [1.165, 1.54) is 36.1 Å². The first-order valence-corrected chi connectivity index (χ1v) is 7.82. The summed E-state index contributed by atoms with van der Waals surface area (Å²) < 4.78 is 0. The lowest BCUT2D eigenvalue weighted by Gasteiger charge is -2.29. The van der Waals surface area contributed by atoms with Gasteiger partial charge in [0.05, 0.1) is 0 Å².